The highest BCUT2D eigenvalue weighted by Gasteiger charge is 2.15. The highest BCUT2D eigenvalue weighted by Crippen LogP contribution is 2.18. The first-order valence-corrected chi connectivity index (χ1v) is 6.65. The molecule has 0 radical (unpaired) electrons. The van der Waals surface area contributed by atoms with Crippen LogP contribution in [0.25, 0.3) is 0 Å². The summed E-state index contributed by atoms with van der Waals surface area (Å²) in [5, 5.41) is 0. The van der Waals surface area contributed by atoms with E-state index < -0.39 is 0 Å². The molecule has 1 aromatic rings. The van der Waals surface area contributed by atoms with E-state index in [9.17, 15) is 4.79 Å². The second kappa shape index (κ2) is 7.14. The summed E-state index contributed by atoms with van der Waals surface area (Å²) in [6, 6.07) is 6.21. The second-order valence-electron chi connectivity index (χ2n) is 5.00. The number of hydrogen-bond acceptors (Lipinski definition) is 3. The van der Waals surface area contributed by atoms with Crippen molar-refractivity contribution in [2.45, 2.75) is 33.7 Å². The Morgan fingerprint density at radius 1 is 1.37 bits per heavy atom. The third kappa shape index (κ3) is 4.56. The van der Waals surface area contributed by atoms with Gasteiger partial charge >= 0.3 is 0 Å². The fraction of sp³-hybridized carbons (Fsp3) is 0.533. The van der Waals surface area contributed by atoms with E-state index in [0.29, 0.717) is 13.2 Å². The lowest BCUT2D eigenvalue weighted by Gasteiger charge is -2.26. The molecule has 0 unspecified atom stereocenters. The molecule has 0 aliphatic heterocycles. The molecular formula is C15H24N2O2. The molecule has 4 heteroatoms. The molecule has 0 bridgehead atoms. The quantitative estimate of drug-likeness (QED) is 0.853. The van der Waals surface area contributed by atoms with Crippen LogP contribution in [0.1, 0.15) is 25.0 Å². The van der Waals surface area contributed by atoms with Gasteiger partial charge in [-0.1, -0.05) is 17.7 Å². The molecule has 0 atom stereocenters. The van der Waals surface area contributed by atoms with Crippen LogP contribution in [-0.4, -0.2) is 36.5 Å². The Labute approximate surface area is 115 Å². The molecule has 2 N–H and O–H groups in total. The Bertz CT molecular complexity index is 430. The Morgan fingerprint density at radius 3 is 2.58 bits per heavy atom. The summed E-state index contributed by atoms with van der Waals surface area (Å²) in [6.45, 7) is 9.11. The minimum Gasteiger partial charge on any atom is -0.491 e. The first-order valence-electron chi connectivity index (χ1n) is 6.65. The average Bonchev–Trinajstić information content (AvgIpc) is 2.35. The molecule has 0 saturated carbocycles. The van der Waals surface area contributed by atoms with Gasteiger partial charge in [-0.2, -0.15) is 0 Å². The van der Waals surface area contributed by atoms with Gasteiger partial charge in [0.15, 0.2) is 0 Å². The molecule has 0 saturated heterocycles. The third-order valence-electron chi connectivity index (χ3n) is 3.04. The van der Waals surface area contributed by atoms with Crippen molar-refractivity contribution in [3.63, 3.8) is 0 Å². The SMILES string of the molecule is Cc1ccc(OCCN(C(=O)CN)C(C)C)c(C)c1. The predicted molar refractivity (Wildman–Crippen MR) is 77.3 cm³/mol. The van der Waals surface area contributed by atoms with Crippen LogP contribution < -0.4 is 10.5 Å². The largest absolute Gasteiger partial charge is 0.491 e. The van der Waals surface area contributed by atoms with Gasteiger partial charge < -0.3 is 15.4 Å². The van der Waals surface area contributed by atoms with E-state index in [1.54, 1.807) is 4.90 Å². The summed E-state index contributed by atoms with van der Waals surface area (Å²) in [7, 11) is 0. The van der Waals surface area contributed by atoms with Gasteiger partial charge in [0.05, 0.1) is 13.1 Å². The van der Waals surface area contributed by atoms with E-state index in [4.69, 9.17) is 10.5 Å². The summed E-state index contributed by atoms with van der Waals surface area (Å²) >= 11 is 0. The van der Waals surface area contributed by atoms with Gasteiger partial charge in [-0.25, -0.2) is 0 Å². The van der Waals surface area contributed by atoms with Crippen molar-refractivity contribution in [3.8, 4) is 5.75 Å². The zero-order chi connectivity index (χ0) is 14.4. The number of carbonyl (C=O) groups is 1. The smallest absolute Gasteiger partial charge is 0.236 e. The lowest BCUT2D eigenvalue weighted by Crippen LogP contribution is -2.43. The van der Waals surface area contributed by atoms with Crippen molar-refractivity contribution >= 4 is 5.91 Å². The Kier molecular flexibility index (Phi) is 5.83. The molecule has 4 nitrogen and oxygen atoms in total. The summed E-state index contributed by atoms with van der Waals surface area (Å²) in [5.74, 6) is 0.828. The first-order chi connectivity index (χ1) is 8.95. The van der Waals surface area contributed by atoms with Crippen molar-refractivity contribution in [1.82, 2.24) is 4.90 Å². The number of amides is 1. The molecule has 1 rings (SSSR count). The van der Waals surface area contributed by atoms with Crippen molar-refractivity contribution in [2.24, 2.45) is 5.73 Å². The van der Waals surface area contributed by atoms with Gasteiger partial charge in [0, 0.05) is 6.04 Å². The molecule has 0 aliphatic carbocycles. The molecule has 0 spiro atoms. The van der Waals surface area contributed by atoms with Crippen LogP contribution in [0.2, 0.25) is 0 Å². The van der Waals surface area contributed by atoms with Crippen LogP contribution in [0.4, 0.5) is 0 Å². The fourth-order valence-electron chi connectivity index (χ4n) is 2.00. The fourth-order valence-corrected chi connectivity index (χ4v) is 2.00. The van der Waals surface area contributed by atoms with Crippen molar-refractivity contribution < 1.29 is 9.53 Å². The van der Waals surface area contributed by atoms with Crippen molar-refractivity contribution in [1.29, 1.82) is 0 Å². The Morgan fingerprint density at radius 2 is 2.05 bits per heavy atom. The third-order valence-corrected chi connectivity index (χ3v) is 3.04. The highest BCUT2D eigenvalue weighted by atomic mass is 16.5. The molecule has 1 aromatic carbocycles. The molecule has 106 valence electrons. The van der Waals surface area contributed by atoms with Crippen LogP contribution in [0.5, 0.6) is 5.75 Å². The van der Waals surface area contributed by atoms with E-state index in [2.05, 4.69) is 13.0 Å². The molecular weight excluding hydrogens is 240 g/mol. The minimum atomic E-state index is -0.0424. The number of benzene rings is 1. The number of hydrogen-bond donors (Lipinski definition) is 1. The summed E-state index contributed by atoms with van der Waals surface area (Å²) < 4.78 is 5.73. The van der Waals surface area contributed by atoms with Crippen LogP contribution in [0.15, 0.2) is 18.2 Å². The van der Waals surface area contributed by atoms with Crippen molar-refractivity contribution in [3.05, 3.63) is 29.3 Å². The lowest BCUT2D eigenvalue weighted by molar-refractivity contribution is -0.131. The van der Waals surface area contributed by atoms with Gasteiger partial charge in [0.25, 0.3) is 0 Å². The van der Waals surface area contributed by atoms with Gasteiger partial charge in [0.1, 0.15) is 12.4 Å². The second-order valence-corrected chi connectivity index (χ2v) is 5.00. The normalized spacial score (nSPS) is 10.6. The van der Waals surface area contributed by atoms with E-state index in [0.717, 1.165) is 11.3 Å². The highest BCUT2D eigenvalue weighted by molar-refractivity contribution is 5.78. The zero-order valence-corrected chi connectivity index (χ0v) is 12.3. The number of rotatable bonds is 6. The van der Waals surface area contributed by atoms with Gasteiger partial charge in [-0.05, 0) is 39.3 Å². The van der Waals surface area contributed by atoms with Crippen LogP contribution >= 0.6 is 0 Å². The average molecular weight is 264 g/mol. The maximum atomic E-state index is 11.7. The molecule has 1 amide bonds. The topological polar surface area (TPSA) is 55.6 Å². The van der Waals surface area contributed by atoms with E-state index >= 15 is 0 Å². The van der Waals surface area contributed by atoms with Gasteiger partial charge in [-0.3, -0.25) is 4.79 Å². The minimum absolute atomic E-state index is 0.0424. The zero-order valence-electron chi connectivity index (χ0n) is 12.3. The van der Waals surface area contributed by atoms with Crippen LogP contribution in [0, 0.1) is 13.8 Å². The van der Waals surface area contributed by atoms with Crippen LogP contribution in [-0.2, 0) is 4.79 Å². The Hall–Kier alpha value is -1.55. The van der Waals surface area contributed by atoms with Crippen molar-refractivity contribution in [2.75, 3.05) is 19.7 Å². The van der Waals surface area contributed by atoms with E-state index in [-0.39, 0.29) is 18.5 Å². The lowest BCUT2D eigenvalue weighted by atomic mass is 10.1. The summed E-state index contributed by atoms with van der Waals surface area (Å²) in [5.41, 5.74) is 7.73. The summed E-state index contributed by atoms with van der Waals surface area (Å²) in [6.07, 6.45) is 0. The standard InChI is InChI=1S/C15H24N2O2/c1-11(2)17(15(18)10-16)7-8-19-14-6-5-12(3)9-13(14)4/h5-6,9,11H,7-8,10,16H2,1-4H3. The van der Waals surface area contributed by atoms with E-state index in [1.807, 2.05) is 32.9 Å². The predicted octanol–water partition coefficient (Wildman–Crippen LogP) is 1.88. The maximum absolute atomic E-state index is 11.7. The number of nitrogens with two attached hydrogens (primary N) is 1. The molecule has 19 heavy (non-hydrogen) atoms. The molecule has 0 aromatic heterocycles. The number of aryl methyl sites for hydroxylation is 2. The van der Waals surface area contributed by atoms with Gasteiger partial charge in [-0.15, -0.1) is 0 Å². The van der Waals surface area contributed by atoms with Gasteiger partial charge in [0.2, 0.25) is 5.91 Å². The molecule has 0 aliphatic rings. The van der Waals surface area contributed by atoms with E-state index in [1.165, 1.54) is 5.56 Å². The first kappa shape index (κ1) is 15.5. The number of nitrogens with zero attached hydrogens (tertiary/aromatic N) is 1. The van der Waals surface area contributed by atoms with Crippen LogP contribution in [0.3, 0.4) is 0 Å². The monoisotopic (exact) mass is 264 g/mol. The number of ether oxygens (including phenoxy) is 1. The summed E-state index contributed by atoms with van der Waals surface area (Å²) in [4.78, 5) is 13.4. The number of carbonyl (C=O) groups excluding carboxylic acids is 1. The molecule has 0 heterocycles. The molecule has 0 fully saturated rings. The maximum Gasteiger partial charge on any atom is 0.236 e. The Balaban J connectivity index is 2.54.